The van der Waals surface area contributed by atoms with Gasteiger partial charge in [-0.25, -0.2) is 9.36 Å². The van der Waals surface area contributed by atoms with Crippen molar-refractivity contribution in [3.8, 4) is 0 Å². The van der Waals surface area contributed by atoms with Crippen LogP contribution < -0.4 is 11.3 Å². The maximum atomic E-state index is 12.5. The number of esters is 1. The van der Waals surface area contributed by atoms with Crippen LogP contribution in [0.5, 0.6) is 0 Å². The number of nitrogens with zero attached hydrogens (tertiary/aromatic N) is 6. The van der Waals surface area contributed by atoms with Crippen molar-refractivity contribution in [2.45, 2.75) is 33.0 Å². The molecule has 0 aliphatic heterocycles. The van der Waals surface area contributed by atoms with Gasteiger partial charge in [-0.1, -0.05) is 25.1 Å². The van der Waals surface area contributed by atoms with Crippen LogP contribution in [-0.2, 0) is 29.2 Å². The van der Waals surface area contributed by atoms with Gasteiger partial charge in [-0.05, 0) is 22.9 Å². The summed E-state index contributed by atoms with van der Waals surface area (Å²) in [5, 5.41) is 15.6. The minimum absolute atomic E-state index is 0.0927. The summed E-state index contributed by atoms with van der Waals surface area (Å²) in [6.07, 6.45) is 0.818. The standard InChI is InChI=1S/C16H17N7O4/c1-2-7-22-12(18-20-21-22)9-27-13(24)8-23-16(26)11-6-4-3-5-10(11)14(19-23)15(17)25/h3-6H,2,7-9H2,1H3,(H2,17,25). The van der Waals surface area contributed by atoms with E-state index in [1.54, 1.807) is 18.2 Å². The molecule has 3 aromatic rings. The molecule has 0 atom stereocenters. The number of rotatable bonds is 7. The minimum atomic E-state index is -0.799. The molecule has 140 valence electrons. The first-order chi connectivity index (χ1) is 13.0. The number of benzene rings is 1. The van der Waals surface area contributed by atoms with E-state index in [0.29, 0.717) is 17.8 Å². The highest BCUT2D eigenvalue weighted by Gasteiger charge is 2.17. The Morgan fingerprint density at radius 3 is 2.63 bits per heavy atom. The average Bonchev–Trinajstić information content (AvgIpc) is 3.09. The lowest BCUT2D eigenvalue weighted by atomic mass is 10.1. The summed E-state index contributed by atoms with van der Waals surface area (Å²) >= 11 is 0. The maximum absolute atomic E-state index is 12.5. The first kappa shape index (κ1) is 18.2. The molecule has 1 amide bonds. The van der Waals surface area contributed by atoms with Gasteiger partial charge in [0.2, 0.25) is 0 Å². The Morgan fingerprint density at radius 1 is 1.19 bits per heavy atom. The van der Waals surface area contributed by atoms with Gasteiger partial charge in [0.25, 0.3) is 11.5 Å². The highest BCUT2D eigenvalue weighted by Crippen LogP contribution is 2.12. The van der Waals surface area contributed by atoms with Gasteiger partial charge in [-0.15, -0.1) is 5.10 Å². The molecule has 0 saturated carbocycles. The molecule has 27 heavy (non-hydrogen) atoms. The zero-order valence-electron chi connectivity index (χ0n) is 14.5. The van der Waals surface area contributed by atoms with Crippen molar-refractivity contribution < 1.29 is 14.3 Å². The summed E-state index contributed by atoms with van der Waals surface area (Å²) in [7, 11) is 0. The predicted octanol–water partition coefficient (Wildman–Crippen LogP) is -0.365. The number of fused-ring (bicyclic) bond motifs is 1. The van der Waals surface area contributed by atoms with E-state index in [0.717, 1.165) is 11.1 Å². The molecule has 2 heterocycles. The normalized spacial score (nSPS) is 10.9. The SMILES string of the molecule is CCCn1nnnc1COC(=O)Cn1nc(C(N)=O)c2ccccc2c1=O. The molecule has 0 bridgehead atoms. The number of amides is 1. The van der Waals surface area contributed by atoms with Crippen LogP contribution in [0.15, 0.2) is 29.1 Å². The molecule has 0 aliphatic carbocycles. The van der Waals surface area contributed by atoms with Crippen molar-refractivity contribution in [2.75, 3.05) is 0 Å². The van der Waals surface area contributed by atoms with Crippen LogP contribution in [0, 0.1) is 0 Å². The topological polar surface area (TPSA) is 148 Å². The van der Waals surface area contributed by atoms with Gasteiger partial charge in [-0.2, -0.15) is 5.10 Å². The highest BCUT2D eigenvalue weighted by molar-refractivity contribution is 6.03. The molecule has 0 saturated heterocycles. The lowest BCUT2D eigenvalue weighted by Gasteiger charge is -2.09. The molecule has 0 unspecified atom stereocenters. The zero-order valence-corrected chi connectivity index (χ0v) is 14.5. The Morgan fingerprint density at radius 2 is 1.93 bits per heavy atom. The van der Waals surface area contributed by atoms with Crippen molar-refractivity contribution in [1.82, 2.24) is 30.0 Å². The minimum Gasteiger partial charge on any atom is -0.456 e. The van der Waals surface area contributed by atoms with Crippen molar-refractivity contribution >= 4 is 22.6 Å². The van der Waals surface area contributed by atoms with Gasteiger partial charge in [0, 0.05) is 11.9 Å². The van der Waals surface area contributed by atoms with E-state index < -0.39 is 24.0 Å². The second kappa shape index (κ2) is 7.72. The number of hydrogen-bond acceptors (Lipinski definition) is 8. The number of aryl methyl sites for hydroxylation is 1. The average molecular weight is 371 g/mol. The lowest BCUT2D eigenvalue weighted by Crippen LogP contribution is -2.31. The molecule has 2 N–H and O–H groups in total. The Labute approximate surface area is 152 Å². The van der Waals surface area contributed by atoms with Crippen LogP contribution in [0.4, 0.5) is 0 Å². The van der Waals surface area contributed by atoms with Gasteiger partial charge in [0.15, 0.2) is 18.1 Å². The molecule has 0 aliphatic rings. The fourth-order valence-corrected chi connectivity index (χ4v) is 2.55. The molecular weight excluding hydrogens is 354 g/mol. The molecule has 0 radical (unpaired) electrons. The number of primary amides is 1. The zero-order chi connectivity index (χ0) is 19.4. The summed E-state index contributed by atoms with van der Waals surface area (Å²) in [5.74, 6) is -1.13. The monoisotopic (exact) mass is 371 g/mol. The number of carbonyl (C=O) groups is 2. The van der Waals surface area contributed by atoms with Gasteiger partial charge >= 0.3 is 5.97 Å². The van der Waals surface area contributed by atoms with Crippen LogP contribution in [-0.4, -0.2) is 41.9 Å². The molecule has 11 nitrogen and oxygen atoms in total. The number of carbonyl (C=O) groups excluding carboxylic acids is 2. The van der Waals surface area contributed by atoms with Crippen LogP contribution in [0.2, 0.25) is 0 Å². The molecule has 0 fully saturated rings. The molecule has 0 spiro atoms. The summed E-state index contributed by atoms with van der Waals surface area (Å²) < 4.78 is 7.51. The van der Waals surface area contributed by atoms with Crippen LogP contribution >= 0.6 is 0 Å². The van der Waals surface area contributed by atoms with E-state index in [1.165, 1.54) is 10.7 Å². The Kier molecular flexibility index (Phi) is 5.20. The molecule has 11 heteroatoms. The first-order valence-corrected chi connectivity index (χ1v) is 8.21. The molecule has 1 aromatic carbocycles. The number of ether oxygens (including phenoxy) is 1. The number of tetrazole rings is 1. The van der Waals surface area contributed by atoms with Crippen molar-refractivity contribution in [3.05, 3.63) is 46.1 Å². The second-order valence-corrected chi connectivity index (χ2v) is 5.70. The summed E-state index contributed by atoms with van der Waals surface area (Å²) in [6, 6.07) is 6.41. The fraction of sp³-hybridized carbons (Fsp3) is 0.312. The third-order valence-corrected chi connectivity index (χ3v) is 3.78. The van der Waals surface area contributed by atoms with Crippen molar-refractivity contribution in [2.24, 2.45) is 5.73 Å². The van der Waals surface area contributed by atoms with E-state index in [2.05, 4.69) is 20.6 Å². The summed E-state index contributed by atoms with van der Waals surface area (Å²) in [5.41, 5.74) is 4.72. The van der Waals surface area contributed by atoms with E-state index >= 15 is 0 Å². The largest absolute Gasteiger partial charge is 0.456 e. The number of hydrogen-bond donors (Lipinski definition) is 1. The number of aromatic nitrogens is 6. The molecular formula is C16H17N7O4. The van der Waals surface area contributed by atoms with E-state index in [9.17, 15) is 14.4 Å². The Balaban J connectivity index is 1.80. The molecule has 2 aromatic heterocycles. The third-order valence-electron chi connectivity index (χ3n) is 3.78. The smallest absolute Gasteiger partial charge is 0.328 e. The molecule has 3 rings (SSSR count). The summed E-state index contributed by atoms with van der Waals surface area (Å²) in [4.78, 5) is 36.3. The first-order valence-electron chi connectivity index (χ1n) is 8.21. The van der Waals surface area contributed by atoms with Gasteiger partial charge in [0.1, 0.15) is 6.54 Å². The fourth-order valence-electron chi connectivity index (χ4n) is 2.55. The van der Waals surface area contributed by atoms with Gasteiger partial charge in [-0.3, -0.25) is 14.4 Å². The van der Waals surface area contributed by atoms with E-state index in [-0.39, 0.29) is 17.7 Å². The Bertz CT molecular complexity index is 1060. The summed E-state index contributed by atoms with van der Waals surface area (Å²) in [6.45, 7) is 1.94. The maximum Gasteiger partial charge on any atom is 0.328 e. The second-order valence-electron chi connectivity index (χ2n) is 5.70. The quantitative estimate of drug-likeness (QED) is 0.553. The van der Waals surface area contributed by atoms with Gasteiger partial charge < -0.3 is 10.5 Å². The predicted molar refractivity (Wildman–Crippen MR) is 92.4 cm³/mol. The van der Waals surface area contributed by atoms with Crippen LogP contribution in [0.3, 0.4) is 0 Å². The van der Waals surface area contributed by atoms with Crippen molar-refractivity contribution in [1.29, 1.82) is 0 Å². The number of nitrogens with two attached hydrogens (primary N) is 1. The highest BCUT2D eigenvalue weighted by atomic mass is 16.5. The van der Waals surface area contributed by atoms with Crippen LogP contribution in [0.1, 0.15) is 29.7 Å². The van der Waals surface area contributed by atoms with E-state index in [4.69, 9.17) is 10.5 Å². The van der Waals surface area contributed by atoms with Crippen LogP contribution in [0.25, 0.3) is 10.8 Å². The van der Waals surface area contributed by atoms with Gasteiger partial charge in [0.05, 0.1) is 5.39 Å². The Hall–Kier alpha value is -3.63. The lowest BCUT2D eigenvalue weighted by molar-refractivity contribution is -0.146. The van der Waals surface area contributed by atoms with E-state index in [1.807, 2.05) is 6.92 Å². The third kappa shape index (κ3) is 3.81. The van der Waals surface area contributed by atoms with Crippen molar-refractivity contribution in [3.63, 3.8) is 0 Å².